The van der Waals surface area contributed by atoms with E-state index in [1.165, 1.54) is 0 Å². The van der Waals surface area contributed by atoms with Crippen LogP contribution in [-0.4, -0.2) is 18.0 Å². The quantitative estimate of drug-likeness (QED) is 0.822. The lowest BCUT2D eigenvalue weighted by atomic mass is 9.91. The third-order valence-corrected chi connectivity index (χ3v) is 3.65. The summed E-state index contributed by atoms with van der Waals surface area (Å²) in [6.45, 7) is 0. The van der Waals surface area contributed by atoms with Gasteiger partial charge in [-0.05, 0) is 37.8 Å². The molecule has 0 spiro atoms. The largest absolute Gasteiger partial charge is 0.349 e. The molecular formula is C13H15ClF2N2O. The topological polar surface area (TPSA) is 55.1 Å². The molecule has 1 amide bonds. The Morgan fingerprint density at radius 1 is 1.21 bits per heavy atom. The number of carbonyl (C=O) groups is 1. The maximum absolute atomic E-state index is 13.6. The van der Waals surface area contributed by atoms with Crippen LogP contribution in [0.3, 0.4) is 0 Å². The van der Waals surface area contributed by atoms with Gasteiger partial charge in [-0.3, -0.25) is 4.79 Å². The van der Waals surface area contributed by atoms with Gasteiger partial charge in [-0.2, -0.15) is 0 Å². The normalized spacial score (nSPS) is 23.2. The van der Waals surface area contributed by atoms with Gasteiger partial charge in [0.1, 0.15) is 11.6 Å². The van der Waals surface area contributed by atoms with Crippen molar-refractivity contribution in [2.75, 3.05) is 0 Å². The minimum atomic E-state index is -0.823. The second-order valence-electron chi connectivity index (χ2n) is 4.83. The molecule has 1 saturated carbocycles. The Hall–Kier alpha value is -1.20. The molecule has 6 heteroatoms. The third-order valence-electron chi connectivity index (χ3n) is 3.36. The summed E-state index contributed by atoms with van der Waals surface area (Å²) < 4.78 is 26.8. The van der Waals surface area contributed by atoms with Gasteiger partial charge in [0.25, 0.3) is 5.91 Å². The molecular weight excluding hydrogens is 274 g/mol. The van der Waals surface area contributed by atoms with E-state index >= 15 is 0 Å². The van der Waals surface area contributed by atoms with Crippen molar-refractivity contribution >= 4 is 17.5 Å². The summed E-state index contributed by atoms with van der Waals surface area (Å²) in [6.07, 6.45) is 3.15. The number of carbonyl (C=O) groups excluding carboxylic acids is 1. The highest BCUT2D eigenvalue weighted by molar-refractivity contribution is 6.30. The Bertz CT molecular complexity index is 488. The van der Waals surface area contributed by atoms with Gasteiger partial charge in [0.05, 0.1) is 10.6 Å². The number of hydrogen-bond donors (Lipinski definition) is 2. The zero-order chi connectivity index (χ0) is 14.0. The first-order valence-electron chi connectivity index (χ1n) is 6.18. The van der Waals surface area contributed by atoms with Gasteiger partial charge in [0.15, 0.2) is 0 Å². The fraction of sp³-hybridized carbons (Fsp3) is 0.462. The number of rotatable bonds is 2. The minimum absolute atomic E-state index is 0.0366. The van der Waals surface area contributed by atoms with Gasteiger partial charge in [-0.15, -0.1) is 0 Å². The first-order valence-corrected chi connectivity index (χ1v) is 6.56. The van der Waals surface area contributed by atoms with Gasteiger partial charge < -0.3 is 11.1 Å². The molecule has 0 heterocycles. The van der Waals surface area contributed by atoms with Crippen molar-refractivity contribution in [3.63, 3.8) is 0 Å². The summed E-state index contributed by atoms with van der Waals surface area (Å²) in [7, 11) is 0. The molecule has 1 aliphatic rings. The molecule has 3 nitrogen and oxygen atoms in total. The predicted octanol–water partition coefficient (Wildman–Crippen LogP) is 2.62. The summed E-state index contributed by atoms with van der Waals surface area (Å²) in [6, 6.07) is 1.76. The molecule has 0 aliphatic heterocycles. The van der Waals surface area contributed by atoms with E-state index in [0.717, 1.165) is 37.8 Å². The van der Waals surface area contributed by atoms with Crippen LogP contribution in [0.25, 0.3) is 0 Å². The molecule has 0 bridgehead atoms. The number of amides is 1. The zero-order valence-electron chi connectivity index (χ0n) is 10.3. The van der Waals surface area contributed by atoms with E-state index in [0.29, 0.717) is 0 Å². The maximum Gasteiger partial charge on any atom is 0.254 e. The molecule has 0 aromatic heterocycles. The average Bonchev–Trinajstić information content (AvgIpc) is 2.36. The van der Waals surface area contributed by atoms with E-state index < -0.39 is 17.5 Å². The fourth-order valence-corrected chi connectivity index (χ4v) is 2.37. The lowest BCUT2D eigenvalue weighted by Crippen LogP contribution is -2.40. The number of benzene rings is 1. The van der Waals surface area contributed by atoms with Crippen LogP contribution >= 0.6 is 11.6 Å². The van der Waals surface area contributed by atoms with Crippen LogP contribution in [0.15, 0.2) is 12.1 Å². The van der Waals surface area contributed by atoms with Gasteiger partial charge in [-0.1, -0.05) is 11.6 Å². The standard InChI is InChI=1S/C13H15ClF2N2O/c14-10-6-11(15)9(5-12(10)16)13(19)18-8-3-1-7(17)2-4-8/h5-8H,1-4,17H2,(H,18,19). The van der Waals surface area contributed by atoms with E-state index in [1.807, 2.05) is 0 Å². The van der Waals surface area contributed by atoms with Crippen molar-refractivity contribution < 1.29 is 13.6 Å². The summed E-state index contributed by atoms with van der Waals surface area (Å²) >= 11 is 5.44. The van der Waals surface area contributed by atoms with Crippen molar-refractivity contribution in [2.45, 2.75) is 37.8 Å². The highest BCUT2D eigenvalue weighted by atomic mass is 35.5. The van der Waals surface area contributed by atoms with E-state index in [9.17, 15) is 13.6 Å². The predicted molar refractivity (Wildman–Crippen MR) is 69.1 cm³/mol. The molecule has 0 radical (unpaired) electrons. The lowest BCUT2D eigenvalue weighted by Gasteiger charge is -2.26. The van der Waals surface area contributed by atoms with Gasteiger partial charge >= 0.3 is 0 Å². The van der Waals surface area contributed by atoms with Gasteiger partial charge in [0.2, 0.25) is 0 Å². The van der Waals surface area contributed by atoms with Crippen molar-refractivity contribution in [1.82, 2.24) is 5.32 Å². The molecule has 1 aliphatic carbocycles. The summed E-state index contributed by atoms with van der Waals surface area (Å²) in [5, 5.41) is 2.36. The second kappa shape index (κ2) is 5.84. The first-order chi connectivity index (χ1) is 8.97. The minimum Gasteiger partial charge on any atom is -0.349 e. The fourth-order valence-electron chi connectivity index (χ4n) is 2.22. The number of nitrogens with one attached hydrogen (secondary N) is 1. The van der Waals surface area contributed by atoms with E-state index in [4.69, 9.17) is 17.3 Å². The number of nitrogens with two attached hydrogens (primary N) is 1. The highest BCUT2D eigenvalue weighted by Crippen LogP contribution is 2.21. The molecule has 1 fully saturated rings. The van der Waals surface area contributed by atoms with Crippen LogP contribution in [0, 0.1) is 11.6 Å². The molecule has 2 rings (SSSR count). The highest BCUT2D eigenvalue weighted by Gasteiger charge is 2.22. The van der Waals surface area contributed by atoms with E-state index in [-0.39, 0.29) is 22.7 Å². The van der Waals surface area contributed by atoms with Crippen molar-refractivity contribution in [2.24, 2.45) is 5.73 Å². The Morgan fingerprint density at radius 3 is 2.47 bits per heavy atom. The molecule has 104 valence electrons. The molecule has 3 N–H and O–H groups in total. The van der Waals surface area contributed by atoms with Crippen LogP contribution in [0.4, 0.5) is 8.78 Å². The summed E-state index contributed by atoms with van der Waals surface area (Å²) in [5.41, 5.74) is 5.44. The van der Waals surface area contributed by atoms with Crippen molar-refractivity contribution in [3.8, 4) is 0 Å². The summed E-state index contributed by atoms with van der Waals surface area (Å²) in [5.74, 6) is -2.25. The first kappa shape index (κ1) is 14.2. The molecule has 19 heavy (non-hydrogen) atoms. The van der Waals surface area contributed by atoms with Crippen LogP contribution in [0.1, 0.15) is 36.0 Å². The molecule has 0 atom stereocenters. The van der Waals surface area contributed by atoms with E-state index in [1.54, 1.807) is 0 Å². The van der Waals surface area contributed by atoms with Crippen LogP contribution in [0.2, 0.25) is 5.02 Å². The Kier molecular flexibility index (Phi) is 4.37. The summed E-state index contributed by atoms with van der Waals surface area (Å²) in [4.78, 5) is 11.9. The number of halogens is 3. The van der Waals surface area contributed by atoms with Gasteiger partial charge in [-0.25, -0.2) is 8.78 Å². The Morgan fingerprint density at radius 2 is 1.84 bits per heavy atom. The monoisotopic (exact) mass is 288 g/mol. The van der Waals surface area contributed by atoms with Crippen LogP contribution in [-0.2, 0) is 0 Å². The van der Waals surface area contributed by atoms with Crippen LogP contribution in [0.5, 0.6) is 0 Å². The van der Waals surface area contributed by atoms with E-state index in [2.05, 4.69) is 5.32 Å². The number of hydrogen-bond acceptors (Lipinski definition) is 2. The Balaban J connectivity index is 2.06. The third kappa shape index (κ3) is 3.42. The lowest BCUT2D eigenvalue weighted by molar-refractivity contribution is 0.0921. The Labute approximate surface area is 115 Å². The molecule has 0 unspecified atom stereocenters. The SMILES string of the molecule is NC1CCC(NC(=O)c2cc(F)c(Cl)cc2F)CC1. The second-order valence-corrected chi connectivity index (χ2v) is 5.24. The van der Waals surface area contributed by atoms with Crippen LogP contribution < -0.4 is 11.1 Å². The molecule has 1 aromatic carbocycles. The average molecular weight is 289 g/mol. The smallest absolute Gasteiger partial charge is 0.254 e. The molecule has 1 aromatic rings. The van der Waals surface area contributed by atoms with Gasteiger partial charge in [0, 0.05) is 12.1 Å². The molecule has 0 saturated heterocycles. The maximum atomic E-state index is 13.6. The zero-order valence-corrected chi connectivity index (χ0v) is 11.0. The van der Waals surface area contributed by atoms with Crippen molar-refractivity contribution in [3.05, 3.63) is 34.4 Å². The van der Waals surface area contributed by atoms with Crippen molar-refractivity contribution in [1.29, 1.82) is 0 Å².